The number of hydrogen-bond donors (Lipinski definition) is 1. The molecule has 23 heavy (non-hydrogen) atoms. The molecule has 1 saturated carbocycles. The SMILES string of the molecule is Cc1nc(-c2ccccc2)sc1CSc1nnc(N)n1C1CC1. The van der Waals surface area contributed by atoms with Crippen LogP contribution in [0.5, 0.6) is 0 Å². The third-order valence-corrected chi connectivity index (χ3v) is 6.21. The number of aromatic nitrogens is 4. The van der Waals surface area contributed by atoms with Crippen molar-refractivity contribution in [2.45, 2.75) is 36.7 Å². The standard InChI is InChI=1S/C16H17N5S2/c1-10-13(23-14(18-10)11-5-3-2-4-6-11)9-22-16-20-19-15(17)21(16)12-7-8-12/h2-6,12H,7-9H2,1H3,(H2,17,19). The molecule has 4 rings (SSSR count). The predicted molar refractivity (Wildman–Crippen MR) is 94.6 cm³/mol. The molecule has 1 fully saturated rings. The molecule has 0 saturated heterocycles. The van der Waals surface area contributed by atoms with E-state index in [-0.39, 0.29) is 0 Å². The van der Waals surface area contributed by atoms with Crippen LogP contribution in [0, 0.1) is 6.92 Å². The summed E-state index contributed by atoms with van der Waals surface area (Å²) in [7, 11) is 0. The van der Waals surface area contributed by atoms with Crippen molar-refractivity contribution in [3.8, 4) is 10.6 Å². The smallest absolute Gasteiger partial charge is 0.222 e. The lowest BCUT2D eigenvalue weighted by atomic mass is 10.2. The van der Waals surface area contributed by atoms with Crippen molar-refractivity contribution in [3.05, 3.63) is 40.9 Å². The summed E-state index contributed by atoms with van der Waals surface area (Å²) in [4.78, 5) is 5.98. The van der Waals surface area contributed by atoms with Crippen LogP contribution in [0.2, 0.25) is 0 Å². The van der Waals surface area contributed by atoms with Gasteiger partial charge in [0.05, 0.1) is 5.69 Å². The van der Waals surface area contributed by atoms with Gasteiger partial charge in [0.2, 0.25) is 5.95 Å². The highest BCUT2D eigenvalue weighted by Gasteiger charge is 2.29. The molecule has 2 heterocycles. The Bertz CT molecular complexity index is 820. The molecule has 5 nitrogen and oxygen atoms in total. The van der Waals surface area contributed by atoms with Crippen LogP contribution in [0.25, 0.3) is 10.6 Å². The largest absolute Gasteiger partial charge is 0.368 e. The van der Waals surface area contributed by atoms with Crippen molar-refractivity contribution < 1.29 is 0 Å². The van der Waals surface area contributed by atoms with Crippen molar-refractivity contribution in [2.75, 3.05) is 5.73 Å². The van der Waals surface area contributed by atoms with Gasteiger partial charge in [-0.05, 0) is 19.8 Å². The number of thiazole rings is 1. The van der Waals surface area contributed by atoms with Gasteiger partial charge in [0.25, 0.3) is 0 Å². The Balaban J connectivity index is 1.53. The first-order valence-corrected chi connectivity index (χ1v) is 9.37. The summed E-state index contributed by atoms with van der Waals surface area (Å²) < 4.78 is 2.07. The number of nitrogens with zero attached hydrogens (tertiary/aromatic N) is 4. The monoisotopic (exact) mass is 343 g/mol. The number of rotatable bonds is 5. The summed E-state index contributed by atoms with van der Waals surface area (Å²) in [5.41, 5.74) is 8.19. The molecule has 2 N–H and O–H groups in total. The minimum absolute atomic E-state index is 0.495. The first kappa shape index (κ1) is 14.7. The highest BCUT2D eigenvalue weighted by molar-refractivity contribution is 7.98. The molecule has 2 aromatic heterocycles. The fourth-order valence-corrected chi connectivity index (χ4v) is 4.68. The molecule has 0 bridgehead atoms. The van der Waals surface area contributed by atoms with Gasteiger partial charge in [-0.15, -0.1) is 21.5 Å². The molecule has 7 heteroatoms. The Labute approximate surface area is 143 Å². The third kappa shape index (κ3) is 2.98. The predicted octanol–water partition coefficient (Wildman–Crippen LogP) is 3.92. The van der Waals surface area contributed by atoms with Crippen LogP contribution in [0.3, 0.4) is 0 Å². The van der Waals surface area contributed by atoms with Crippen LogP contribution in [-0.2, 0) is 5.75 Å². The summed E-state index contributed by atoms with van der Waals surface area (Å²) in [6.07, 6.45) is 2.35. The van der Waals surface area contributed by atoms with Gasteiger partial charge in [-0.25, -0.2) is 4.98 Å². The van der Waals surface area contributed by atoms with E-state index in [0.717, 1.165) is 21.6 Å². The van der Waals surface area contributed by atoms with E-state index in [4.69, 9.17) is 10.7 Å². The normalized spacial score (nSPS) is 14.3. The van der Waals surface area contributed by atoms with Crippen molar-refractivity contribution in [1.29, 1.82) is 0 Å². The lowest BCUT2D eigenvalue weighted by Crippen LogP contribution is -2.02. The number of thioether (sulfide) groups is 1. The number of anilines is 1. The van der Waals surface area contributed by atoms with Gasteiger partial charge in [-0.1, -0.05) is 42.1 Å². The number of hydrogen-bond acceptors (Lipinski definition) is 6. The second kappa shape index (κ2) is 5.98. The number of benzene rings is 1. The van der Waals surface area contributed by atoms with E-state index in [1.165, 1.54) is 23.3 Å². The molecule has 118 valence electrons. The van der Waals surface area contributed by atoms with Crippen molar-refractivity contribution in [3.63, 3.8) is 0 Å². The van der Waals surface area contributed by atoms with Crippen LogP contribution in [0.15, 0.2) is 35.5 Å². The second-order valence-corrected chi connectivity index (χ2v) is 7.65. The van der Waals surface area contributed by atoms with E-state index in [9.17, 15) is 0 Å². The van der Waals surface area contributed by atoms with Gasteiger partial charge in [-0.2, -0.15) is 0 Å². The molecule has 0 radical (unpaired) electrons. The zero-order chi connectivity index (χ0) is 15.8. The Kier molecular flexibility index (Phi) is 3.82. The fourth-order valence-electron chi connectivity index (χ4n) is 2.46. The molecule has 0 atom stereocenters. The highest BCUT2D eigenvalue weighted by atomic mass is 32.2. The van der Waals surface area contributed by atoms with Crippen molar-refractivity contribution in [1.82, 2.24) is 19.7 Å². The van der Waals surface area contributed by atoms with E-state index in [0.29, 0.717) is 12.0 Å². The summed E-state index contributed by atoms with van der Waals surface area (Å²) in [5.74, 6) is 1.38. The lowest BCUT2D eigenvalue weighted by Gasteiger charge is -2.05. The van der Waals surface area contributed by atoms with Gasteiger partial charge in [0, 0.05) is 22.2 Å². The molecular weight excluding hydrogens is 326 g/mol. The van der Waals surface area contributed by atoms with Crippen LogP contribution in [0.4, 0.5) is 5.95 Å². The van der Waals surface area contributed by atoms with E-state index in [1.54, 1.807) is 23.1 Å². The molecule has 1 aliphatic carbocycles. The number of nitrogen functional groups attached to an aromatic ring is 1. The topological polar surface area (TPSA) is 69.6 Å². The van der Waals surface area contributed by atoms with Crippen molar-refractivity contribution in [2.24, 2.45) is 0 Å². The van der Waals surface area contributed by atoms with Gasteiger partial charge in [0.15, 0.2) is 5.16 Å². The molecule has 1 aromatic carbocycles. The van der Waals surface area contributed by atoms with Crippen LogP contribution in [0.1, 0.15) is 29.5 Å². The minimum atomic E-state index is 0.495. The third-order valence-electron chi connectivity index (χ3n) is 3.85. The van der Waals surface area contributed by atoms with Crippen LogP contribution < -0.4 is 5.73 Å². The van der Waals surface area contributed by atoms with Gasteiger partial charge >= 0.3 is 0 Å². The Hall–Kier alpha value is -1.86. The van der Waals surface area contributed by atoms with E-state index in [2.05, 4.69) is 33.8 Å². The minimum Gasteiger partial charge on any atom is -0.368 e. The molecule has 0 unspecified atom stereocenters. The fraction of sp³-hybridized carbons (Fsp3) is 0.312. The van der Waals surface area contributed by atoms with Crippen molar-refractivity contribution >= 4 is 29.0 Å². The Morgan fingerprint density at radius 2 is 2.04 bits per heavy atom. The zero-order valence-corrected chi connectivity index (χ0v) is 14.4. The Morgan fingerprint density at radius 1 is 1.26 bits per heavy atom. The molecular formula is C16H17N5S2. The number of aryl methyl sites for hydroxylation is 1. The average molecular weight is 343 g/mol. The van der Waals surface area contributed by atoms with Crippen LogP contribution >= 0.6 is 23.1 Å². The highest BCUT2D eigenvalue weighted by Crippen LogP contribution is 2.40. The maximum atomic E-state index is 5.93. The van der Waals surface area contributed by atoms with Crippen LogP contribution in [-0.4, -0.2) is 19.7 Å². The summed E-state index contributed by atoms with van der Waals surface area (Å²) >= 11 is 3.44. The number of nitrogens with two attached hydrogens (primary N) is 1. The quantitative estimate of drug-likeness (QED) is 0.711. The molecule has 0 aliphatic heterocycles. The zero-order valence-electron chi connectivity index (χ0n) is 12.8. The van der Waals surface area contributed by atoms with Gasteiger partial charge < -0.3 is 5.73 Å². The summed E-state index contributed by atoms with van der Waals surface area (Å²) in [5, 5.41) is 10.2. The summed E-state index contributed by atoms with van der Waals surface area (Å²) in [6.45, 7) is 2.07. The molecule has 0 amide bonds. The first-order chi connectivity index (χ1) is 11.2. The van der Waals surface area contributed by atoms with E-state index >= 15 is 0 Å². The second-order valence-electron chi connectivity index (χ2n) is 5.62. The lowest BCUT2D eigenvalue weighted by molar-refractivity contribution is 0.671. The molecule has 1 aliphatic rings. The van der Waals surface area contributed by atoms with E-state index < -0.39 is 0 Å². The Morgan fingerprint density at radius 3 is 2.78 bits per heavy atom. The van der Waals surface area contributed by atoms with E-state index in [1.807, 2.05) is 18.2 Å². The first-order valence-electron chi connectivity index (χ1n) is 7.57. The maximum absolute atomic E-state index is 5.93. The van der Waals surface area contributed by atoms with Gasteiger partial charge in [-0.3, -0.25) is 4.57 Å². The van der Waals surface area contributed by atoms with Gasteiger partial charge in [0.1, 0.15) is 5.01 Å². The molecule has 0 spiro atoms. The maximum Gasteiger partial charge on any atom is 0.222 e. The molecule has 3 aromatic rings. The summed E-state index contributed by atoms with van der Waals surface area (Å²) in [6, 6.07) is 10.8. The average Bonchev–Trinajstić information content (AvgIpc) is 3.24.